The van der Waals surface area contributed by atoms with Crippen molar-refractivity contribution in [1.82, 2.24) is 4.98 Å². The topological polar surface area (TPSA) is 38.9 Å². The number of benzene rings is 1. The molecular formula is C15H15FN2. The van der Waals surface area contributed by atoms with Crippen LogP contribution >= 0.6 is 0 Å². The van der Waals surface area contributed by atoms with Gasteiger partial charge in [0.25, 0.3) is 0 Å². The molecule has 1 heterocycles. The van der Waals surface area contributed by atoms with E-state index in [2.05, 4.69) is 17.1 Å². The number of halogens is 1. The van der Waals surface area contributed by atoms with Gasteiger partial charge in [-0.3, -0.25) is 4.98 Å². The van der Waals surface area contributed by atoms with Crippen molar-refractivity contribution in [2.45, 2.75) is 24.8 Å². The van der Waals surface area contributed by atoms with Crippen LogP contribution in [0.25, 0.3) is 0 Å². The molecule has 0 fully saturated rings. The van der Waals surface area contributed by atoms with Crippen LogP contribution in [0.2, 0.25) is 0 Å². The number of hydrogen-bond donors (Lipinski definition) is 1. The first-order valence-electron chi connectivity index (χ1n) is 6.19. The molecule has 2 unspecified atom stereocenters. The van der Waals surface area contributed by atoms with Crippen molar-refractivity contribution in [1.29, 1.82) is 0 Å². The molecule has 1 aliphatic carbocycles. The average Bonchev–Trinajstić information content (AvgIpc) is 2.36. The SMILES string of the molecule is NC(CC1Cc2ccccc21)c1ncccc1F. The molecule has 0 saturated heterocycles. The summed E-state index contributed by atoms with van der Waals surface area (Å²) in [5.74, 6) is 0.134. The zero-order chi connectivity index (χ0) is 12.5. The predicted octanol–water partition coefficient (Wildman–Crippen LogP) is 2.95. The van der Waals surface area contributed by atoms with Crippen molar-refractivity contribution >= 4 is 0 Å². The molecular weight excluding hydrogens is 227 g/mol. The Morgan fingerprint density at radius 3 is 2.89 bits per heavy atom. The summed E-state index contributed by atoms with van der Waals surface area (Å²) in [4.78, 5) is 4.05. The Balaban J connectivity index is 1.74. The molecule has 0 saturated carbocycles. The maximum atomic E-state index is 13.6. The third-order valence-corrected chi connectivity index (χ3v) is 3.64. The first kappa shape index (κ1) is 11.4. The fourth-order valence-electron chi connectivity index (χ4n) is 2.66. The van der Waals surface area contributed by atoms with Crippen LogP contribution in [0.5, 0.6) is 0 Å². The minimum absolute atomic E-state index is 0.308. The number of nitrogens with two attached hydrogens (primary N) is 1. The predicted molar refractivity (Wildman–Crippen MR) is 68.6 cm³/mol. The zero-order valence-electron chi connectivity index (χ0n) is 10.0. The summed E-state index contributed by atoms with van der Waals surface area (Å²) in [7, 11) is 0. The molecule has 0 aliphatic heterocycles. The molecule has 1 aliphatic rings. The van der Waals surface area contributed by atoms with E-state index in [-0.39, 0.29) is 11.9 Å². The first-order valence-corrected chi connectivity index (χ1v) is 6.19. The molecule has 1 aromatic heterocycles. The van der Waals surface area contributed by atoms with Gasteiger partial charge in [-0.15, -0.1) is 0 Å². The van der Waals surface area contributed by atoms with Crippen molar-refractivity contribution in [2.24, 2.45) is 5.73 Å². The number of aromatic nitrogens is 1. The summed E-state index contributed by atoms with van der Waals surface area (Å²) in [6.45, 7) is 0. The van der Waals surface area contributed by atoms with Gasteiger partial charge in [0.2, 0.25) is 0 Å². The molecule has 0 bridgehead atoms. The minimum Gasteiger partial charge on any atom is -0.323 e. The third kappa shape index (κ3) is 1.91. The number of hydrogen-bond acceptors (Lipinski definition) is 2. The second kappa shape index (κ2) is 4.50. The Kier molecular flexibility index (Phi) is 2.84. The monoisotopic (exact) mass is 242 g/mol. The Bertz CT molecular complexity index is 568. The Labute approximate surface area is 106 Å². The minimum atomic E-state index is -0.329. The van der Waals surface area contributed by atoms with Crippen LogP contribution < -0.4 is 5.73 Å². The van der Waals surface area contributed by atoms with Crippen LogP contribution in [-0.4, -0.2) is 4.98 Å². The number of nitrogens with zero attached hydrogens (tertiary/aromatic N) is 1. The van der Waals surface area contributed by atoms with E-state index in [1.807, 2.05) is 12.1 Å². The van der Waals surface area contributed by atoms with Crippen LogP contribution in [0.4, 0.5) is 4.39 Å². The normalized spacial score (nSPS) is 18.9. The average molecular weight is 242 g/mol. The second-order valence-electron chi connectivity index (χ2n) is 4.81. The smallest absolute Gasteiger partial charge is 0.146 e. The van der Waals surface area contributed by atoms with E-state index in [9.17, 15) is 4.39 Å². The highest BCUT2D eigenvalue weighted by atomic mass is 19.1. The summed E-state index contributed by atoms with van der Waals surface area (Å²) in [6, 6.07) is 11.0. The Morgan fingerprint density at radius 2 is 2.11 bits per heavy atom. The summed E-state index contributed by atoms with van der Waals surface area (Å²) >= 11 is 0. The summed E-state index contributed by atoms with van der Waals surface area (Å²) in [5, 5.41) is 0. The van der Waals surface area contributed by atoms with Gasteiger partial charge in [0.1, 0.15) is 5.82 Å². The second-order valence-corrected chi connectivity index (χ2v) is 4.81. The van der Waals surface area contributed by atoms with Gasteiger partial charge in [0.05, 0.1) is 11.7 Å². The molecule has 3 heteroatoms. The van der Waals surface area contributed by atoms with Gasteiger partial charge in [-0.1, -0.05) is 24.3 Å². The molecule has 2 aromatic rings. The zero-order valence-corrected chi connectivity index (χ0v) is 10.0. The molecule has 2 N–H and O–H groups in total. The van der Waals surface area contributed by atoms with Gasteiger partial charge in [-0.25, -0.2) is 4.39 Å². The fourth-order valence-corrected chi connectivity index (χ4v) is 2.66. The molecule has 2 nitrogen and oxygen atoms in total. The van der Waals surface area contributed by atoms with Gasteiger partial charge in [0, 0.05) is 6.20 Å². The van der Waals surface area contributed by atoms with Crippen LogP contribution in [-0.2, 0) is 6.42 Å². The molecule has 18 heavy (non-hydrogen) atoms. The third-order valence-electron chi connectivity index (χ3n) is 3.64. The molecule has 3 rings (SSSR count). The van der Waals surface area contributed by atoms with Crippen molar-refractivity contribution in [2.75, 3.05) is 0 Å². The summed E-state index contributed by atoms with van der Waals surface area (Å²) in [6.07, 6.45) is 3.39. The Morgan fingerprint density at radius 1 is 1.28 bits per heavy atom. The number of fused-ring (bicyclic) bond motifs is 1. The van der Waals surface area contributed by atoms with Gasteiger partial charge in [-0.2, -0.15) is 0 Å². The number of rotatable bonds is 3. The summed E-state index contributed by atoms with van der Waals surface area (Å²) in [5.41, 5.74) is 9.17. The molecule has 2 atom stereocenters. The highest BCUT2D eigenvalue weighted by molar-refractivity contribution is 5.40. The van der Waals surface area contributed by atoms with E-state index >= 15 is 0 Å². The molecule has 0 amide bonds. The van der Waals surface area contributed by atoms with Gasteiger partial charge < -0.3 is 5.73 Å². The molecule has 92 valence electrons. The van der Waals surface area contributed by atoms with Gasteiger partial charge in [0.15, 0.2) is 0 Å². The quantitative estimate of drug-likeness (QED) is 0.898. The van der Waals surface area contributed by atoms with Crippen LogP contribution in [0.15, 0.2) is 42.6 Å². The van der Waals surface area contributed by atoms with Gasteiger partial charge in [-0.05, 0) is 42.0 Å². The fraction of sp³-hybridized carbons (Fsp3) is 0.267. The van der Waals surface area contributed by atoms with Crippen LogP contribution in [0.3, 0.4) is 0 Å². The van der Waals surface area contributed by atoms with Crippen molar-refractivity contribution < 1.29 is 4.39 Å². The standard InChI is InChI=1S/C15H15FN2/c16-13-6-3-7-18-15(13)14(17)9-11-8-10-4-1-2-5-12(10)11/h1-7,11,14H,8-9,17H2. The van der Waals surface area contributed by atoms with E-state index in [1.54, 1.807) is 12.3 Å². The van der Waals surface area contributed by atoms with E-state index in [0.29, 0.717) is 11.6 Å². The maximum absolute atomic E-state index is 13.6. The summed E-state index contributed by atoms with van der Waals surface area (Å²) < 4.78 is 13.6. The van der Waals surface area contributed by atoms with Crippen molar-refractivity contribution in [3.63, 3.8) is 0 Å². The highest BCUT2D eigenvalue weighted by Gasteiger charge is 2.28. The van der Waals surface area contributed by atoms with Crippen molar-refractivity contribution in [3.05, 3.63) is 65.2 Å². The lowest BCUT2D eigenvalue weighted by Gasteiger charge is -2.31. The lowest BCUT2D eigenvalue weighted by atomic mass is 9.74. The Hall–Kier alpha value is -1.74. The lowest BCUT2D eigenvalue weighted by Crippen LogP contribution is -2.23. The van der Waals surface area contributed by atoms with Crippen LogP contribution in [0, 0.1) is 5.82 Å². The van der Waals surface area contributed by atoms with Crippen molar-refractivity contribution in [3.8, 4) is 0 Å². The maximum Gasteiger partial charge on any atom is 0.146 e. The molecule has 0 radical (unpaired) electrons. The highest BCUT2D eigenvalue weighted by Crippen LogP contribution is 2.39. The van der Waals surface area contributed by atoms with E-state index < -0.39 is 0 Å². The van der Waals surface area contributed by atoms with E-state index in [0.717, 1.165) is 12.8 Å². The first-order chi connectivity index (χ1) is 8.75. The molecule has 0 spiro atoms. The van der Waals surface area contributed by atoms with E-state index in [4.69, 9.17) is 5.73 Å². The van der Waals surface area contributed by atoms with E-state index in [1.165, 1.54) is 17.2 Å². The molecule has 1 aromatic carbocycles. The number of pyridine rings is 1. The lowest BCUT2D eigenvalue weighted by molar-refractivity contribution is 0.472. The van der Waals surface area contributed by atoms with Crippen LogP contribution in [0.1, 0.15) is 35.2 Å². The largest absolute Gasteiger partial charge is 0.323 e. The van der Waals surface area contributed by atoms with Gasteiger partial charge >= 0.3 is 0 Å².